The summed E-state index contributed by atoms with van der Waals surface area (Å²) in [4.78, 5) is 23.5. The van der Waals surface area contributed by atoms with Crippen LogP contribution in [0.5, 0.6) is 0 Å². The molecule has 0 aliphatic carbocycles. The number of amides is 1. The summed E-state index contributed by atoms with van der Waals surface area (Å²) in [5.41, 5.74) is 0.859. The van der Waals surface area contributed by atoms with Gasteiger partial charge in [0.05, 0.1) is 13.3 Å². The van der Waals surface area contributed by atoms with Gasteiger partial charge in [0, 0.05) is 32.4 Å². The van der Waals surface area contributed by atoms with Gasteiger partial charge in [0.2, 0.25) is 0 Å². The van der Waals surface area contributed by atoms with Crippen LogP contribution in [0.3, 0.4) is 0 Å². The van der Waals surface area contributed by atoms with Gasteiger partial charge in [-0.1, -0.05) is 0 Å². The van der Waals surface area contributed by atoms with Crippen molar-refractivity contribution in [1.82, 2.24) is 14.7 Å². The minimum Gasteiger partial charge on any atom is -0.462 e. The van der Waals surface area contributed by atoms with Crippen LogP contribution in [0.15, 0.2) is 12.4 Å². The number of nitrogens with zero attached hydrogens (tertiary/aromatic N) is 3. The molecule has 0 aliphatic heterocycles. The number of methoxy groups -OCH3 is 1. The lowest BCUT2D eigenvalue weighted by molar-refractivity contribution is -0.157. The second-order valence-electron chi connectivity index (χ2n) is 3.18. The summed E-state index contributed by atoms with van der Waals surface area (Å²) in [6, 6.07) is 0. The number of aryl methyl sites for hydroxylation is 1. The molecule has 0 fully saturated rings. The number of rotatable bonds is 2. The molecule has 0 atom stereocenters. The summed E-state index contributed by atoms with van der Waals surface area (Å²) in [6.45, 7) is 0.335. The molecule has 1 rings (SSSR count). The average molecular weight is 211 g/mol. The normalized spacial score (nSPS) is 9.80. The molecule has 0 aliphatic rings. The second-order valence-corrected chi connectivity index (χ2v) is 3.18. The molecule has 0 bridgehead atoms. The van der Waals surface area contributed by atoms with Crippen molar-refractivity contribution in [2.75, 3.05) is 14.2 Å². The Morgan fingerprint density at radius 2 is 2.27 bits per heavy atom. The third-order valence-corrected chi connectivity index (χ3v) is 1.88. The van der Waals surface area contributed by atoms with Crippen molar-refractivity contribution < 1.29 is 14.3 Å². The van der Waals surface area contributed by atoms with Crippen molar-refractivity contribution in [3.05, 3.63) is 18.0 Å². The molecule has 1 amide bonds. The van der Waals surface area contributed by atoms with E-state index in [1.165, 1.54) is 19.1 Å². The number of carbonyl (C=O) groups excluding carboxylic acids is 2. The molecule has 0 radical (unpaired) electrons. The lowest BCUT2D eigenvalue weighted by atomic mass is 10.3. The molecule has 82 valence electrons. The minimum atomic E-state index is -0.860. The third-order valence-electron chi connectivity index (χ3n) is 1.88. The first-order valence-electron chi connectivity index (χ1n) is 4.35. The van der Waals surface area contributed by atoms with Crippen molar-refractivity contribution in [3.63, 3.8) is 0 Å². The highest BCUT2D eigenvalue weighted by Gasteiger charge is 2.19. The van der Waals surface area contributed by atoms with Crippen molar-refractivity contribution >= 4 is 11.9 Å². The molecule has 1 heterocycles. The summed E-state index contributed by atoms with van der Waals surface area (Å²) < 4.78 is 5.96. The van der Waals surface area contributed by atoms with Crippen LogP contribution in [0.2, 0.25) is 0 Å². The first kappa shape index (κ1) is 11.2. The number of likely N-dealkylation sites (N-methyl/N-ethyl adjacent to an activating group) is 1. The van der Waals surface area contributed by atoms with Crippen molar-refractivity contribution in [2.45, 2.75) is 6.54 Å². The van der Waals surface area contributed by atoms with Gasteiger partial charge in [-0.2, -0.15) is 5.10 Å². The Bertz CT molecular complexity index is 372. The van der Waals surface area contributed by atoms with Crippen LogP contribution >= 0.6 is 0 Å². The summed E-state index contributed by atoms with van der Waals surface area (Å²) in [7, 11) is 4.50. The van der Waals surface area contributed by atoms with Crippen LogP contribution in [0.25, 0.3) is 0 Å². The third kappa shape index (κ3) is 2.80. The Labute approximate surface area is 87.4 Å². The highest BCUT2D eigenvalue weighted by atomic mass is 16.5. The Kier molecular flexibility index (Phi) is 3.43. The van der Waals surface area contributed by atoms with Crippen molar-refractivity contribution in [1.29, 1.82) is 0 Å². The van der Waals surface area contributed by atoms with Gasteiger partial charge in [-0.3, -0.25) is 9.48 Å². The van der Waals surface area contributed by atoms with E-state index < -0.39 is 11.9 Å². The van der Waals surface area contributed by atoms with Gasteiger partial charge in [-0.25, -0.2) is 4.79 Å². The Morgan fingerprint density at radius 3 is 2.73 bits per heavy atom. The first-order chi connectivity index (χ1) is 7.04. The fraction of sp³-hybridized carbons (Fsp3) is 0.444. The number of carbonyl (C=O) groups is 2. The number of hydrogen-bond donors (Lipinski definition) is 0. The zero-order valence-corrected chi connectivity index (χ0v) is 8.93. The molecule has 0 spiro atoms. The van der Waals surface area contributed by atoms with Gasteiger partial charge in [-0.15, -0.1) is 0 Å². The fourth-order valence-corrected chi connectivity index (χ4v) is 1.14. The molecule has 0 unspecified atom stereocenters. The largest absolute Gasteiger partial charge is 0.462 e. The van der Waals surface area contributed by atoms with Gasteiger partial charge in [0.25, 0.3) is 0 Å². The lowest BCUT2D eigenvalue weighted by Gasteiger charge is -2.13. The van der Waals surface area contributed by atoms with Crippen molar-refractivity contribution in [3.8, 4) is 0 Å². The summed E-state index contributed by atoms with van der Waals surface area (Å²) in [6.07, 6.45) is 3.42. The van der Waals surface area contributed by atoms with E-state index in [0.29, 0.717) is 6.54 Å². The molecule has 6 nitrogen and oxygen atoms in total. The summed E-state index contributed by atoms with van der Waals surface area (Å²) in [5.74, 6) is -1.53. The maximum Gasteiger partial charge on any atom is 0.396 e. The monoisotopic (exact) mass is 211 g/mol. The predicted molar refractivity (Wildman–Crippen MR) is 51.7 cm³/mol. The van der Waals surface area contributed by atoms with Gasteiger partial charge in [0.15, 0.2) is 0 Å². The average Bonchev–Trinajstić information content (AvgIpc) is 2.61. The van der Waals surface area contributed by atoms with Gasteiger partial charge in [0.1, 0.15) is 0 Å². The van der Waals surface area contributed by atoms with Crippen LogP contribution in [0.1, 0.15) is 5.56 Å². The minimum absolute atomic E-state index is 0.335. The summed E-state index contributed by atoms with van der Waals surface area (Å²) in [5, 5.41) is 3.96. The molecule has 0 saturated heterocycles. The van der Waals surface area contributed by atoms with E-state index in [9.17, 15) is 9.59 Å². The highest BCUT2D eigenvalue weighted by Crippen LogP contribution is 2.01. The molecule has 0 aromatic carbocycles. The van der Waals surface area contributed by atoms with E-state index in [1.807, 2.05) is 0 Å². The first-order valence-corrected chi connectivity index (χ1v) is 4.35. The molecule has 0 N–H and O–H groups in total. The van der Waals surface area contributed by atoms with E-state index in [4.69, 9.17) is 0 Å². The molecule has 15 heavy (non-hydrogen) atoms. The number of hydrogen-bond acceptors (Lipinski definition) is 4. The zero-order valence-electron chi connectivity index (χ0n) is 8.93. The Hall–Kier alpha value is -1.85. The van der Waals surface area contributed by atoms with Crippen LogP contribution in [0, 0.1) is 0 Å². The maximum atomic E-state index is 11.3. The Morgan fingerprint density at radius 1 is 1.60 bits per heavy atom. The summed E-state index contributed by atoms with van der Waals surface area (Å²) >= 11 is 0. The van der Waals surface area contributed by atoms with Gasteiger partial charge >= 0.3 is 11.9 Å². The molecular weight excluding hydrogens is 198 g/mol. The standard InChI is InChI=1S/C9H13N3O3/c1-11(8(13)9(14)15-3)5-7-4-10-12(2)6-7/h4,6H,5H2,1-3H3. The quantitative estimate of drug-likeness (QED) is 0.491. The lowest BCUT2D eigenvalue weighted by Crippen LogP contribution is -2.33. The predicted octanol–water partition coefficient (Wildman–Crippen LogP) is -0.449. The van der Waals surface area contributed by atoms with E-state index >= 15 is 0 Å². The van der Waals surface area contributed by atoms with Crippen LogP contribution < -0.4 is 0 Å². The van der Waals surface area contributed by atoms with E-state index in [0.717, 1.165) is 5.56 Å². The number of ether oxygens (including phenoxy) is 1. The molecule has 6 heteroatoms. The Balaban J connectivity index is 2.59. The molecule has 1 aromatic rings. The van der Waals surface area contributed by atoms with Gasteiger partial charge < -0.3 is 9.64 Å². The van der Waals surface area contributed by atoms with Gasteiger partial charge in [-0.05, 0) is 0 Å². The van der Waals surface area contributed by atoms with E-state index in [2.05, 4.69) is 9.84 Å². The number of esters is 1. The fourth-order valence-electron chi connectivity index (χ4n) is 1.14. The molecule has 0 saturated carbocycles. The smallest absolute Gasteiger partial charge is 0.396 e. The topological polar surface area (TPSA) is 64.4 Å². The van der Waals surface area contributed by atoms with E-state index in [1.54, 1.807) is 24.1 Å². The highest BCUT2D eigenvalue weighted by molar-refractivity contribution is 6.32. The molecule has 1 aromatic heterocycles. The maximum absolute atomic E-state index is 11.3. The molecular formula is C9H13N3O3. The second kappa shape index (κ2) is 4.59. The van der Waals surface area contributed by atoms with Crippen LogP contribution in [-0.2, 0) is 27.9 Å². The SMILES string of the molecule is COC(=O)C(=O)N(C)Cc1cnn(C)c1. The van der Waals surface area contributed by atoms with Crippen LogP contribution in [-0.4, -0.2) is 40.7 Å². The van der Waals surface area contributed by atoms with Crippen molar-refractivity contribution in [2.24, 2.45) is 7.05 Å². The number of aromatic nitrogens is 2. The van der Waals surface area contributed by atoms with Crippen LogP contribution in [0.4, 0.5) is 0 Å². The van der Waals surface area contributed by atoms with E-state index in [-0.39, 0.29) is 0 Å². The zero-order chi connectivity index (χ0) is 11.4.